The minimum atomic E-state index is 0.473. The van der Waals surface area contributed by atoms with Crippen LogP contribution in [0.3, 0.4) is 0 Å². The first kappa shape index (κ1) is 9.79. The lowest BCUT2D eigenvalue weighted by Gasteiger charge is -2.37. The van der Waals surface area contributed by atoms with Crippen molar-refractivity contribution >= 4 is 11.6 Å². The minimum Gasteiger partial charge on any atom is -0.300 e. The van der Waals surface area contributed by atoms with E-state index in [1.165, 1.54) is 58.0 Å². The molecular weight excluding hydrogens is 182 g/mol. The van der Waals surface area contributed by atoms with Crippen LogP contribution in [0.1, 0.15) is 44.9 Å². The Bertz CT molecular complexity index is 146. The molecule has 1 heterocycles. The van der Waals surface area contributed by atoms with Gasteiger partial charge in [-0.2, -0.15) is 0 Å². The zero-order chi connectivity index (χ0) is 9.10. The average Bonchev–Trinajstić information content (AvgIpc) is 2.20. The van der Waals surface area contributed by atoms with Gasteiger partial charge in [0.1, 0.15) is 0 Å². The quantitative estimate of drug-likeness (QED) is 0.590. The van der Waals surface area contributed by atoms with Crippen molar-refractivity contribution in [2.45, 2.75) is 56.4 Å². The number of rotatable bonds is 1. The number of nitrogens with zero attached hydrogens (tertiary/aromatic N) is 1. The molecule has 1 nitrogen and oxygen atoms in total. The van der Waals surface area contributed by atoms with Crippen molar-refractivity contribution in [3.05, 3.63) is 0 Å². The zero-order valence-electron chi connectivity index (χ0n) is 8.34. The molecule has 2 rings (SSSR count). The number of piperidine rings is 1. The summed E-state index contributed by atoms with van der Waals surface area (Å²) in [7, 11) is 0. The van der Waals surface area contributed by atoms with Gasteiger partial charge in [-0.05, 0) is 51.6 Å². The van der Waals surface area contributed by atoms with Crippen molar-refractivity contribution in [1.29, 1.82) is 0 Å². The molecule has 0 aromatic heterocycles. The van der Waals surface area contributed by atoms with E-state index in [2.05, 4.69) is 4.90 Å². The number of hydrogen-bond acceptors (Lipinski definition) is 1. The number of likely N-dealkylation sites (tertiary alicyclic amines) is 1. The van der Waals surface area contributed by atoms with E-state index in [0.29, 0.717) is 5.38 Å². The first-order valence-corrected chi connectivity index (χ1v) is 6.18. The van der Waals surface area contributed by atoms with Crippen LogP contribution in [0, 0.1) is 0 Å². The van der Waals surface area contributed by atoms with Crippen molar-refractivity contribution in [1.82, 2.24) is 4.90 Å². The smallest absolute Gasteiger partial charge is 0.0337 e. The summed E-state index contributed by atoms with van der Waals surface area (Å²) in [6.45, 7) is 2.69. The Hall–Kier alpha value is 0.250. The predicted molar refractivity (Wildman–Crippen MR) is 57.3 cm³/mol. The fourth-order valence-corrected chi connectivity index (χ4v) is 2.94. The molecule has 0 aromatic carbocycles. The Morgan fingerprint density at radius 1 is 0.846 bits per heavy atom. The van der Waals surface area contributed by atoms with E-state index < -0.39 is 0 Å². The first-order chi connectivity index (χ1) is 6.36. The van der Waals surface area contributed by atoms with Crippen LogP contribution in [0.2, 0.25) is 0 Å². The molecule has 0 radical (unpaired) electrons. The standard InChI is InChI=1S/C11H20ClN/c12-10-4-6-11(7-5-10)13-8-2-1-3-9-13/h10-11H,1-9H2. The van der Waals surface area contributed by atoms with Gasteiger partial charge >= 0.3 is 0 Å². The van der Waals surface area contributed by atoms with Crippen LogP contribution in [0.25, 0.3) is 0 Å². The molecule has 13 heavy (non-hydrogen) atoms. The molecule has 1 saturated carbocycles. The molecule has 1 saturated heterocycles. The molecule has 1 aliphatic carbocycles. The van der Waals surface area contributed by atoms with E-state index >= 15 is 0 Å². The van der Waals surface area contributed by atoms with Crippen molar-refractivity contribution in [2.75, 3.05) is 13.1 Å². The van der Waals surface area contributed by atoms with Gasteiger partial charge in [-0.1, -0.05) is 6.42 Å². The predicted octanol–water partition coefficient (Wildman–Crippen LogP) is 3.02. The fourth-order valence-electron chi connectivity index (χ4n) is 2.68. The van der Waals surface area contributed by atoms with Crippen LogP contribution in [0.15, 0.2) is 0 Å². The lowest BCUT2D eigenvalue weighted by molar-refractivity contribution is 0.131. The molecule has 1 aliphatic heterocycles. The van der Waals surface area contributed by atoms with Crippen molar-refractivity contribution in [3.63, 3.8) is 0 Å². The Kier molecular flexibility index (Phi) is 3.51. The van der Waals surface area contributed by atoms with Crippen LogP contribution < -0.4 is 0 Å². The molecule has 0 atom stereocenters. The Balaban J connectivity index is 1.79. The second-order valence-corrected chi connectivity index (χ2v) is 5.12. The highest BCUT2D eigenvalue weighted by molar-refractivity contribution is 6.20. The van der Waals surface area contributed by atoms with Crippen molar-refractivity contribution in [2.24, 2.45) is 0 Å². The van der Waals surface area contributed by atoms with Crippen molar-refractivity contribution in [3.8, 4) is 0 Å². The number of alkyl halides is 1. The molecule has 0 aromatic rings. The van der Waals surface area contributed by atoms with Gasteiger partial charge in [0.25, 0.3) is 0 Å². The maximum atomic E-state index is 6.10. The highest BCUT2D eigenvalue weighted by Crippen LogP contribution is 2.27. The normalized spacial score (nSPS) is 37.6. The molecule has 2 heteroatoms. The van der Waals surface area contributed by atoms with Crippen LogP contribution in [0.4, 0.5) is 0 Å². The Morgan fingerprint density at radius 2 is 1.46 bits per heavy atom. The van der Waals surface area contributed by atoms with E-state index in [4.69, 9.17) is 11.6 Å². The average molecular weight is 202 g/mol. The summed E-state index contributed by atoms with van der Waals surface area (Å²) in [4.78, 5) is 2.70. The fraction of sp³-hybridized carbons (Fsp3) is 1.00. The third-order valence-corrected chi connectivity index (χ3v) is 3.97. The maximum Gasteiger partial charge on any atom is 0.0337 e. The molecule has 2 fully saturated rings. The van der Waals surface area contributed by atoms with Gasteiger partial charge < -0.3 is 4.90 Å². The molecule has 0 bridgehead atoms. The minimum absolute atomic E-state index is 0.473. The number of hydrogen-bond donors (Lipinski definition) is 0. The summed E-state index contributed by atoms with van der Waals surface area (Å²) in [5.74, 6) is 0. The molecule has 0 amide bonds. The topological polar surface area (TPSA) is 3.24 Å². The highest BCUT2D eigenvalue weighted by atomic mass is 35.5. The third-order valence-electron chi connectivity index (χ3n) is 3.53. The van der Waals surface area contributed by atoms with Gasteiger partial charge in [-0.15, -0.1) is 11.6 Å². The first-order valence-electron chi connectivity index (χ1n) is 5.74. The lowest BCUT2D eigenvalue weighted by atomic mass is 9.92. The Labute approximate surface area is 86.4 Å². The Morgan fingerprint density at radius 3 is 2.08 bits per heavy atom. The van der Waals surface area contributed by atoms with E-state index in [-0.39, 0.29) is 0 Å². The maximum absolute atomic E-state index is 6.10. The monoisotopic (exact) mass is 201 g/mol. The summed E-state index contributed by atoms with van der Waals surface area (Å²) in [5.41, 5.74) is 0. The molecule has 2 aliphatic rings. The summed E-state index contributed by atoms with van der Waals surface area (Å²) in [6.07, 6.45) is 9.44. The summed E-state index contributed by atoms with van der Waals surface area (Å²) < 4.78 is 0. The van der Waals surface area contributed by atoms with E-state index in [0.717, 1.165) is 6.04 Å². The molecule has 76 valence electrons. The van der Waals surface area contributed by atoms with Crippen molar-refractivity contribution < 1.29 is 0 Å². The van der Waals surface area contributed by atoms with Gasteiger partial charge in [-0.3, -0.25) is 0 Å². The summed E-state index contributed by atoms with van der Waals surface area (Å²) in [5, 5.41) is 0.473. The molecular formula is C11H20ClN. The van der Waals surface area contributed by atoms with Crippen LogP contribution in [0.5, 0.6) is 0 Å². The second-order valence-electron chi connectivity index (χ2n) is 4.50. The molecule has 0 spiro atoms. The highest BCUT2D eigenvalue weighted by Gasteiger charge is 2.25. The van der Waals surface area contributed by atoms with Gasteiger partial charge in [0.2, 0.25) is 0 Å². The molecule has 0 unspecified atom stereocenters. The van der Waals surface area contributed by atoms with E-state index in [1.807, 2.05) is 0 Å². The van der Waals surface area contributed by atoms with Gasteiger partial charge in [0.15, 0.2) is 0 Å². The van der Waals surface area contributed by atoms with Crippen LogP contribution in [-0.2, 0) is 0 Å². The largest absolute Gasteiger partial charge is 0.300 e. The van der Waals surface area contributed by atoms with Crippen LogP contribution in [-0.4, -0.2) is 29.4 Å². The third kappa shape index (κ3) is 2.60. The van der Waals surface area contributed by atoms with Crippen LogP contribution >= 0.6 is 11.6 Å². The van der Waals surface area contributed by atoms with Gasteiger partial charge in [0, 0.05) is 11.4 Å². The van der Waals surface area contributed by atoms with E-state index in [1.54, 1.807) is 0 Å². The van der Waals surface area contributed by atoms with E-state index in [9.17, 15) is 0 Å². The molecule has 0 N–H and O–H groups in total. The lowest BCUT2D eigenvalue weighted by Crippen LogP contribution is -2.41. The summed E-state index contributed by atoms with van der Waals surface area (Å²) in [6, 6.07) is 0.871. The van der Waals surface area contributed by atoms with Gasteiger partial charge in [0.05, 0.1) is 0 Å². The van der Waals surface area contributed by atoms with Gasteiger partial charge in [-0.25, -0.2) is 0 Å². The summed E-state index contributed by atoms with van der Waals surface area (Å²) >= 11 is 6.10. The number of halogens is 1. The zero-order valence-corrected chi connectivity index (χ0v) is 9.10. The second kappa shape index (κ2) is 4.65. The SMILES string of the molecule is ClC1CCC(N2CCCCC2)CC1.